The number of nitrogens with two attached hydrogens (primary N) is 1. The molecular weight excluding hydrogens is 358 g/mol. The van der Waals surface area contributed by atoms with Crippen LogP contribution in [0.15, 0.2) is 47.0 Å². The second-order valence-electron chi connectivity index (χ2n) is 6.45. The number of aliphatic hydroxyl groups is 1. The molecule has 0 fully saturated rings. The van der Waals surface area contributed by atoms with Crippen molar-refractivity contribution in [1.82, 2.24) is 10.1 Å². The lowest BCUT2D eigenvalue weighted by molar-refractivity contribution is 0.0997. The molecule has 1 amide bonds. The molecule has 0 radical (unpaired) electrons. The lowest BCUT2D eigenvalue weighted by Gasteiger charge is -2.16. The van der Waals surface area contributed by atoms with Crippen LogP contribution in [0.5, 0.6) is 5.88 Å². The Morgan fingerprint density at radius 3 is 2.64 bits per heavy atom. The highest BCUT2D eigenvalue weighted by Crippen LogP contribution is 2.27. The molecule has 3 rings (SSSR count). The molecule has 2 heterocycles. The minimum Gasteiger partial charge on any atom is -0.473 e. The molecule has 7 nitrogen and oxygen atoms in total. The zero-order chi connectivity index (χ0) is 20.1. The highest BCUT2D eigenvalue weighted by molar-refractivity contribution is 5.94. The van der Waals surface area contributed by atoms with Crippen molar-refractivity contribution in [3.63, 3.8) is 0 Å². The highest BCUT2D eigenvalue weighted by Gasteiger charge is 2.20. The van der Waals surface area contributed by atoms with Gasteiger partial charge in [0.1, 0.15) is 18.1 Å². The summed E-state index contributed by atoms with van der Waals surface area (Å²) in [6.45, 7) is 3.81. The molecule has 2 aromatic heterocycles. The Morgan fingerprint density at radius 1 is 1.25 bits per heavy atom. The second kappa shape index (κ2) is 8.67. The van der Waals surface area contributed by atoms with Gasteiger partial charge in [0.05, 0.1) is 23.4 Å². The van der Waals surface area contributed by atoms with Crippen molar-refractivity contribution in [1.29, 1.82) is 0 Å². The Labute approximate surface area is 163 Å². The van der Waals surface area contributed by atoms with Crippen molar-refractivity contribution in [3.05, 3.63) is 65.0 Å². The van der Waals surface area contributed by atoms with Gasteiger partial charge in [-0.3, -0.25) is 4.79 Å². The van der Waals surface area contributed by atoms with Crippen molar-refractivity contribution < 1.29 is 19.2 Å². The fourth-order valence-electron chi connectivity index (χ4n) is 3.00. The molecule has 0 aliphatic carbocycles. The van der Waals surface area contributed by atoms with E-state index in [4.69, 9.17) is 15.0 Å². The second-order valence-corrected chi connectivity index (χ2v) is 6.45. The molecular formula is C21H23N3O4. The molecule has 0 saturated carbocycles. The molecule has 0 saturated heterocycles. The van der Waals surface area contributed by atoms with Crippen LogP contribution in [0.4, 0.5) is 0 Å². The van der Waals surface area contributed by atoms with Crippen LogP contribution in [0.25, 0.3) is 11.3 Å². The fourth-order valence-corrected chi connectivity index (χ4v) is 3.00. The average molecular weight is 381 g/mol. The number of primary amides is 1. The van der Waals surface area contributed by atoms with E-state index in [1.54, 1.807) is 12.1 Å². The molecule has 0 spiro atoms. The number of ether oxygens (including phenoxy) is 1. The smallest absolute Gasteiger partial charge is 0.250 e. The summed E-state index contributed by atoms with van der Waals surface area (Å²) in [6.07, 6.45) is 0.621. The Balaban J connectivity index is 1.87. The number of rotatable bonds is 8. The molecule has 1 atom stereocenters. The molecule has 0 bridgehead atoms. The largest absolute Gasteiger partial charge is 0.473 e. The van der Waals surface area contributed by atoms with Crippen LogP contribution in [0.3, 0.4) is 0 Å². The van der Waals surface area contributed by atoms with Crippen LogP contribution in [0.2, 0.25) is 0 Å². The molecule has 3 N–H and O–H groups in total. The molecule has 0 aliphatic rings. The summed E-state index contributed by atoms with van der Waals surface area (Å²) in [7, 11) is 0. The van der Waals surface area contributed by atoms with Gasteiger partial charge in [0.25, 0.3) is 5.91 Å². The van der Waals surface area contributed by atoms with Crippen molar-refractivity contribution >= 4 is 5.91 Å². The van der Waals surface area contributed by atoms with Crippen molar-refractivity contribution in [2.24, 2.45) is 5.73 Å². The molecule has 1 aromatic carbocycles. The van der Waals surface area contributed by atoms with Gasteiger partial charge in [-0.2, -0.15) is 0 Å². The van der Waals surface area contributed by atoms with Gasteiger partial charge >= 0.3 is 0 Å². The Morgan fingerprint density at radius 2 is 2.00 bits per heavy atom. The summed E-state index contributed by atoms with van der Waals surface area (Å²) < 4.78 is 11.2. The first-order valence-electron chi connectivity index (χ1n) is 9.10. The van der Waals surface area contributed by atoms with E-state index in [0.717, 1.165) is 11.1 Å². The van der Waals surface area contributed by atoms with Crippen LogP contribution in [-0.4, -0.2) is 27.8 Å². The number of hydrogen-bond donors (Lipinski definition) is 2. The minimum absolute atomic E-state index is 0.129. The van der Waals surface area contributed by atoms with Gasteiger partial charge in [-0.25, -0.2) is 4.98 Å². The summed E-state index contributed by atoms with van der Waals surface area (Å²) >= 11 is 0. The van der Waals surface area contributed by atoms with E-state index in [1.807, 2.05) is 44.2 Å². The first kappa shape index (κ1) is 19.6. The van der Waals surface area contributed by atoms with E-state index in [2.05, 4.69) is 10.1 Å². The van der Waals surface area contributed by atoms with Crippen LogP contribution >= 0.6 is 0 Å². The molecule has 3 aromatic rings. The van der Waals surface area contributed by atoms with Crippen LogP contribution in [0, 0.1) is 6.92 Å². The zero-order valence-electron chi connectivity index (χ0n) is 15.9. The first-order chi connectivity index (χ1) is 13.5. The maximum atomic E-state index is 11.7. The molecule has 0 aliphatic heterocycles. The maximum absolute atomic E-state index is 11.7. The zero-order valence-corrected chi connectivity index (χ0v) is 15.9. The number of aliphatic hydroxyl groups excluding tert-OH is 1. The van der Waals surface area contributed by atoms with Gasteiger partial charge in [-0.15, -0.1) is 0 Å². The molecule has 146 valence electrons. The standard InChI is InChI=1S/C21H23N3O4/c1-3-14(11-25)19-16(21(22)26)9-10-18(23-19)27-12-17-13(2)28-24-20(17)15-7-5-4-6-8-15/h4-10,14,25H,3,11-12H2,1-2H3,(H2,22,26)/t14-/m1/s1. The van der Waals surface area contributed by atoms with Gasteiger partial charge in [-0.1, -0.05) is 42.4 Å². The van der Waals surface area contributed by atoms with Crippen LogP contribution in [0.1, 0.15) is 46.6 Å². The van der Waals surface area contributed by atoms with Gasteiger partial charge in [0, 0.05) is 17.5 Å². The molecule has 7 heteroatoms. The van der Waals surface area contributed by atoms with Crippen LogP contribution in [-0.2, 0) is 6.61 Å². The predicted molar refractivity (Wildman–Crippen MR) is 104 cm³/mol. The number of aryl methyl sites for hydroxylation is 1. The normalized spacial score (nSPS) is 12.0. The van der Waals surface area contributed by atoms with Crippen molar-refractivity contribution in [3.8, 4) is 17.1 Å². The Hall–Kier alpha value is -3.19. The Bertz CT molecular complexity index is 950. The Kier molecular flexibility index (Phi) is 6.06. The third kappa shape index (κ3) is 4.04. The SMILES string of the molecule is CC[C@H](CO)c1nc(OCc2c(-c3ccccc3)noc2C)ccc1C(N)=O. The summed E-state index contributed by atoms with van der Waals surface area (Å²) in [4.78, 5) is 16.1. The van der Waals surface area contributed by atoms with E-state index in [9.17, 15) is 9.90 Å². The number of aromatic nitrogens is 2. The number of carbonyl (C=O) groups excluding carboxylic acids is 1. The fraction of sp³-hybridized carbons (Fsp3) is 0.286. The van der Waals surface area contributed by atoms with Gasteiger partial charge < -0.3 is 20.1 Å². The first-order valence-corrected chi connectivity index (χ1v) is 9.10. The maximum Gasteiger partial charge on any atom is 0.250 e. The number of hydrogen-bond acceptors (Lipinski definition) is 6. The van der Waals surface area contributed by atoms with E-state index in [-0.39, 0.29) is 19.1 Å². The number of amides is 1. The summed E-state index contributed by atoms with van der Waals surface area (Å²) in [5, 5.41) is 13.7. The van der Waals surface area contributed by atoms with Crippen LogP contribution < -0.4 is 10.5 Å². The third-order valence-corrected chi connectivity index (χ3v) is 4.66. The lowest BCUT2D eigenvalue weighted by atomic mass is 9.98. The highest BCUT2D eigenvalue weighted by atomic mass is 16.5. The predicted octanol–water partition coefficient (Wildman–Crippen LogP) is 3.21. The number of pyridine rings is 1. The minimum atomic E-state index is -0.581. The summed E-state index contributed by atoms with van der Waals surface area (Å²) in [6, 6.07) is 12.9. The monoisotopic (exact) mass is 381 g/mol. The van der Waals surface area contributed by atoms with Crippen molar-refractivity contribution in [2.75, 3.05) is 6.61 Å². The quantitative estimate of drug-likeness (QED) is 0.620. The van der Waals surface area contributed by atoms with Crippen molar-refractivity contribution in [2.45, 2.75) is 32.8 Å². The van der Waals surface area contributed by atoms with Gasteiger partial charge in [-0.05, 0) is 19.4 Å². The van der Waals surface area contributed by atoms with Gasteiger partial charge in [0.2, 0.25) is 5.88 Å². The topological polar surface area (TPSA) is 111 Å². The number of nitrogens with zero attached hydrogens (tertiary/aromatic N) is 2. The summed E-state index contributed by atoms with van der Waals surface area (Å²) in [5.74, 6) is 0.131. The van der Waals surface area contributed by atoms with Gasteiger partial charge in [0.15, 0.2) is 0 Å². The summed E-state index contributed by atoms with van der Waals surface area (Å²) in [5.41, 5.74) is 8.65. The average Bonchev–Trinajstić information content (AvgIpc) is 3.08. The van der Waals surface area contributed by atoms with E-state index in [0.29, 0.717) is 35.0 Å². The van der Waals surface area contributed by atoms with E-state index >= 15 is 0 Å². The molecule has 0 unspecified atom stereocenters. The number of carbonyl (C=O) groups is 1. The lowest BCUT2D eigenvalue weighted by Crippen LogP contribution is -2.18. The number of benzene rings is 1. The third-order valence-electron chi connectivity index (χ3n) is 4.66. The molecule has 28 heavy (non-hydrogen) atoms. The van der Waals surface area contributed by atoms with E-state index in [1.165, 1.54) is 0 Å². The van der Waals surface area contributed by atoms with E-state index < -0.39 is 5.91 Å².